The molecule has 0 aromatic heterocycles. The Bertz CT molecular complexity index is 424. The first kappa shape index (κ1) is 15.8. The minimum atomic E-state index is -0.469. The fraction of sp³-hybridized carbons (Fsp3) is 0.800. The van der Waals surface area contributed by atoms with E-state index in [-0.39, 0.29) is 24.4 Å². The van der Waals surface area contributed by atoms with Crippen molar-refractivity contribution in [1.29, 1.82) is 0 Å². The molecule has 0 aromatic rings. The van der Waals surface area contributed by atoms with Gasteiger partial charge in [0.1, 0.15) is 12.6 Å². The Morgan fingerprint density at radius 1 is 1.33 bits per heavy atom. The number of nitrogens with one attached hydrogen (secondary N) is 2. The Morgan fingerprint density at radius 2 is 2.05 bits per heavy atom. The van der Waals surface area contributed by atoms with E-state index in [1.165, 1.54) is 6.42 Å². The van der Waals surface area contributed by atoms with Gasteiger partial charge in [-0.3, -0.25) is 14.5 Å². The third-order valence-corrected chi connectivity index (χ3v) is 4.44. The van der Waals surface area contributed by atoms with E-state index in [1.807, 2.05) is 6.92 Å². The lowest BCUT2D eigenvalue weighted by atomic mass is 9.86. The lowest BCUT2D eigenvalue weighted by molar-refractivity contribution is -0.132. The van der Waals surface area contributed by atoms with Gasteiger partial charge >= 0.3 is 6.03 Å². The lowest BCUT2D eigenvalue weighted by Gasteiger charge is -2.29. The largest absolute Gasteiger partial charge is 0.352 e. The highest BCUT2D eigenvalue weighted by Crippen LogP contribution is 2.23. The summed E-state index contributed by atoms with van der Waals surface area (Å²) in [6, 6.07) is -0.757. The molecule has 6 heteroatoms. The van der Waals surface area contributed by atoms with Crippen LogP contribution in [-0.4, -0.2) is 41.4 Å². The van der Waals surface area contributed by atoms with Crippen LogP contribution in [0.25, 0.3) is 0 Å². The Balaban J connectivity index is 1.87. The van der Waals surface area contributed by atoms with Gasteiger partial charge in [-0.25, -0.2) is 4.79 Å². The van der Waals surface area contributed by atoms with E-state index in [0.29, 0.717) is 12.3 Å². The van der Waals surface area contributed by atoms with E-state index >= 15 is 0 Å². The van der Waals surface area contributed by atoms with Gasteiger partial charge in [-0.05, 0) is 25.2 Å². The topological polar surface area (TPSA) is 78.5 Å². The van der Waals surface area contributed by atoms with Crippen LogP contribution in [0.2, 0.25) is 0 Å². The van der Waals surface area contributed by atoms with Gasteiger partial charge < -0.3 is 10.6 Å². The molecule has 4 amide bonds. The Hall–Kier alpha value is -1.59. The molecule has 0 aromatic carbocycles. The summed E-state index contributed by atoms with van der Waals surface area (Å²) in [6.07, 6.45) is 5.85. The summed E-state index contributed by atoms with van der Waals surface area (Å²) in [5.41, 5.74) is 0. The molecule has 0 spiro atoms. The van der Waals surface area contributed by atoms with E-state index in [0.717, 1.165) is 30.6 Å². The van der Waals surface area contributed by atoms with Crippen molar-refractivity contribution in [2.75, 3.05) is 6.54 Å². The maximum atomic E-state index is 12.1. The molecule has 2 N–H and O–H groups in total. The number of carbonyl (C=O) groups is 3. The fourth-order valence-electron chi connectivity index (χ4n) is 3.14. The number of rotatable bonds is 5. The zero-order valence-corrected chi connectivity index (χ0v) is 12.9. The molecule has 2 aliphatic rings. The van der Waals surface area contributed by atoms with Crippen molar-refractivity contribution in [3.8, 4) is 0 Å². The molecule has 0 radical (unpaired) electrons. The molecule has 1 heterocycles. The monoisotopic (exact) mass is 295 g/mol. The van der Waals surface area contributed by atoms with Gasteiger partial charge in [0.05, 0.1) is 0 Å². The zero-order valence-electron chi connectivity index (χ0n) is 12.9. The quantitative estimate of drug-likeness (QED) is 0.753. The summed E-state index contributed by atoms with van der Waals surface area (Å²) in [7, 11) is 0. The van der Waals surface area contributed by atoms with Crippen LogP contribution in [0.4, 0.5) is 4.79 Å². The van der Waals surface area contributed by atoms with Crippen LogP contribution < -0.4 is 10.6 Å². The van der Waals surface area contributed by atoms with Gasteiger partial charge in [-0.15, -0.1) is 0 Å². The van der Waals surface area contributed by atoms with Gasteiger partial charge in [0.25, 0.3) is 5.91 Å². The molecule has 2 fully saturated rings. The van der Waals surface area contributed by atoms with Crippen molar-refractivity contribution >= 4 is 17.8 Å². The minimum Gasteiger partial charge on any atom is -0.352 e. The first-order chi connectivity index (χ1) is 10.0. The molecule has 6 nitrogen and oxygen atoms in total. The van der Waals surface area contributed by atoms with Crippen LogP contribution in [0.15, 0.2) is 0 Å². The highest BCUT2D eigenvalue weighted by Gasteiger charge is 2.38. The van der Waals surface area contributed by atoms with Crippen LogP contribution in [-0.2, 0) is 9.59 Å². The number of amides is 4. The summed E-state index contributed by atoms with van der Waals surface area (Å²) in [6.45, 7) is 3.92. The minimum absolute atomic E-state index is 0.165. The van der Waals surface area contributed by atoms with Gasteiger partial charge in [0, 0.05) is 6.04 Å². The molecule has 118 valence electrons. The van der Waals surface area contributed by atoms with Crippen LogP contribution in [0.3, 0.4) is 0 Å². The highest BCUT2D eigenvalue weighted by atomic mass is 16.2. The van der Waals surface area contributed by atoms with Gasteiger partial charge in [0.15, 0.2) is 0 Å². The third kappa shape index (κ3) is 3.74. The Morgan fingerprint density at radius 3 is 2.71 bits per heavy atom. The molecule has 0 bridgehead atoms. The van der Waals surface area contributed by atoms with Gasteiger partial charge in [-0.2, -0.15) is 0 Å². The normalized spacial score (nSPS) is 29.4. The number of hydrogen-bond acceptors (Lipinski definition) is 3. The Kier molecular flexibility index (Phi) is 5.20. The molecule has 1 aliphatic heterocycles. The van der Waals surface area contributed by atoms with E-state index in [2.05, 4.69) is 17.6 Å². The van der Waals surface area contributed by atoms with Crippen LogP contribution in [0.1, 0.15) is 52.4 Å². The summed E-state index contributed by atoms with van der Waals surface area (Å²) < 4.78 is 0. The molecule has 1 aliphatic carbocycles. The van der Waals surface area contributed by atoms with Crippen molar-refractivity contribution in [1.82, 2.24) is 15.5 Å². The van der Waals surface area contributed by atoms with E-state index in [4.69, 9.17) is 0 Å². The number of urea groups is 1. The maximum absolute atomic E-state index is 12.1. The SMILES string of the molecule is CCC[C@@H]1NC(=O)N(CC(=O)N[C@@H]2CCCC[C@H]2C)C1=O. The molecule has 1 saturated carbocycles. The number of nitrogens with zero attached hydrogens (tertiary/aromatic N) is 1. The number of imide groups is 1. The molecule has 1 saturated heterocycles. The van der Waals surface area contributed by atoms with Crippen molar-refractivity contribution in [2.24, 2.45) is 5.92 Å². The molecule has 21 heavy (non-hydrogen) atoms. The first-order valence-electron chi connectivity index (χ1n) is 7.94. The van der Waals surface area contributed by atoms with E-state index in [9.17, 15) is 14.4 Å². The lowest BCUT2D eigenvalue weighted by Crippen LogP contribution is -2.47. The van der Waals surface area contributed by atoms with Crippen molar-refractivity contribution in [2.45, 2.75) is 64.5 Å². The average molecular weight is 295 g/mol. The van der Waals surface area contributed by atoms with Crippen LogP contribution in [0.5, 0.6) is 0 Å². The maximum Gasteiger partial charge on any atom is 0.325 e. The van der Waals surface area contributed by atoms with E-state index in [1.54, 1.807) is 0 Å². The smallest absolute Gasteiger partial charge is 0.325 e. The second-order valence-corrected chi connectivity index (χ2v) is 6.15. The predicted octanol–water partition coefficient (Wildman–Crippen LogP) is 1.40. The summed E-state index contributed by atoms with van der Waals surface area (Å²) in [5.74, 6) is -0.0678. The van der Waals surface area contributed by atoms with Crippen molar-refractivity contribution < 1.29 is 14.4 Å². The highest BCUT2D eigenvalue weighted by molar-refractivity contribution is 6.06. The molecule has 3 atom stereocenters. The van der Waals surface area contributed by atoms with Crippen LogP contribution >= 0.6 is 0 Å². The Labute approximate surface area is 125 Å². The van der Waals surface area contributed by atoms with Crippen molar-refractivity contribution in [3.05, 3.63) is 0 Å². The first-order valence-corrected chi connectivity index (χ1v) is 7.94. The second-order valence-electron chi connectivity index (χ2n) is 6.15. The third-order valence-electron chi connectivity index (χ3n) is 4.44. The fourth-order valence-corrected chi connectivity index (χ4v) is 3.14. The van der Waals surface area contributed by atoms with Gasteiger partial charge in [0.2, 0.25) is 5.91 Å². The zero-order chi connectivity index (χ0) is 15.4. The summed E-state index contributed by atoms with van der Waals surface area (Å²) in [5, 5.41) is 5.60. The summed E-state index contributed by atoms with van der Waals surface area (Å²) >= 11 is 0. The predicted molar refractivity (Wildman–Crippen MR) is 78.5 cm³/mol. The second kappa shape index (κ2) is 6.91. The molecule has 2 rings (SSSR count). The summed E-state index contributed by atoms with van der Waals surface area (Å²) in [4.78, 5) is 37.0. The molecular formula is C15H25N3O3. The molecular weight excluding hydrogens is 270 g/mol. The van der Waals surface area contributed by atoms with Crippen LogP contribution in [0, 0.1) is 5.92 Å². The van der Waals surface area contributed by atoms with E-state index < -0.39 is 12.1 Å². The number of carbonyl (C=O) groups excluding carboxylic acids is 3. The average Bonchev–Trinajstić information content (AvgIpc) is 2.70. The van der Waals surface area contributed by atoms with Gasteiger partial charge in [-0.1, -0.05) is 33.1 Å². The standard InChI is InChI=1S/C15H25N3O3/c1-3-6-12-14(20)18(15(21)17-12)9-13(19)16-11-8-5-4-7-10(11)2/h10-12H,3-9H2,1-2H3,(H,16,19)(H,17,21)/t10-,11-,12+/m1/s1. The van der Waals surface area contributed by atoms with Crippen molar-refractivity contribution in [3.63, 3.8) is 0 Å². The molecule has 0 unspecified atom stereocenters. The number of hydrogen-bond donors (Lipinski definition) is 2.